The van der Waals surface area contributed by atoms with E-state index in [2.05, 4.69) is 41.4 Å². The third-order valence-electron chi connectivity index (χ3n) is 5.33. The lowest BCUT2D eigenvalue weighted by Gasteiger charge is -2.27. The highest BCUT2D eigenvalue weighted by Gasteiger charge is 2.35. The molecule has 4 rings (SSSR count). The van der Waals surface area contributed by atoms with Crippen molar-refractivity contribution in [2.24, 2.45) is 5.92 Å². The number of carbonyl (C=O) groups excluding carboxylic acids is 2. The van der Waals surface area contributed by atoms with Crippen molar-refractivity contribution >= 4 is 45.1 Å². The number of hydrogen-bond donors (Lipinski definition) is 2. The van der Waals surface area contributed by atoms with Crippen molar-refractivity contribution < 1.29 is 14.3 Å². The van der Waals surface area contributed by atoms with Crippen LogP contribution in [0, 0.1) is 5.92 Å². The third-order valence-corrected chi connectivity index (χ3v) is 5.83. The van der Waals surface area contributed by atoms with E-state index >= 15 is 0 Å². The number of nitrogens with zero attached hydrogens (tertiary/aromatic N) is 4. The number of anilines is 3. The van der Waals surface area contributed by atoms with Gasteiger partial charge in [-0.25, -0.2) is 9.97 Å². The van der Waals surface area contributed by atoms with Crippen LogP contribution < -0.4 is 20.4 Å². The van der Waals surface area contributed by atoms with Gasteiger partial charge in [0.1, 0.15) is 18.0 Å². The molecule has 1 unspecified atom stereocenters. The van der Waals surface area contributed by atoms with E-state index in [-0.39, 0.29) is 24.2 Å². The molecule has 10 heteroatoms. The molecule has 2 N–H and O–H groups in total. The molecule has 2 fully saturated rings. The molecule has 1 aromatic carbocycles. The van der Waals surface area contributed by atoms with Crippen LogP contribution in [-0.4, -0.2) is 67.7 Å². The Morgan fingerprint density at radius 1 is 1.19 bits per heavy atom. The van der Waals surface area contributed by atoms with Gasteiger partial charge in [0.15, 0.2) is 0 Å². The van der Waals surface area contributed by atoms with Crippen LogP contribution in [0.25, 0.3) is 0 Å². The van der Waals surface area contributed by atoms with Gasteiger partial charge in [0.05, 0.1) is 19.1 Å². The fraction of sp³-hybridized carbons (Fsp3) is 0.429. The first-order valence-electron chi connectivity index (χ1n) is 10.3. The standard InChI is InChI=1S/C21H25BrN6O3/c22-16-2-1-3-17(11-16)28-13-15(10-20(28)29)21(30)24-5-4-23-18-12-19(26-14-25-18)27-6-8-31-9-7-27/h1-3,11-12,14-15H,4-10,13H2,(H,24,30)(H,23,25,26). The summed E-state index contributed by atoms with van der Waals surface area (Å²) in [5, 5.41) is 6.13. The van der Waals surface area contributed by atoms with E-state index in [9.17, 15) is 9.59 Å². The molecule has 0 aliphatic carbocycles. The van der Waals surface area contributed by atoms with Gasteiger partial charge in [0.2, 0.25) is 11.8 Å². The second-order valence-electron chi connectivity index (χ2n) is 7.46. The van der Waals surface area contributed by atoms with E-state index in [0.717, 1.165) is 29.1 Å². The first-order chi connectivity index (χ1) is 15.1. The van der Waals surface area contributed by atoms with E-state index in [1.807, 2.05) is 30.3 Å². The molecule has 2 saturated heterocycles. The molecule has 0 saturated carbocycles. The van der Waals surface area contributed by atoms with Crippen molar-refractivity contribution in [3.05, 3.63) is 41.1 Å². The van der Waals surface area contributed by atoms with E-state index in [1.54, 1.807) is 4.90 Å². The van der Waals surface area contributed by atoms with Crippen LogP contribution in [0.1, 0.15) is 6.42 Å². The van der Waals surface area contributed by atoms with Gasteiger partial charge in [0, 0.05) is 55.4 Å². The van der Waals surface area contributed by atoms with Gasteiger partial charge in [-0.3, -0.25) is 9.59 Å². The van der Waals surface area contributed by atoms with Crippen LogP contribution in [0.5, 0.6) is 0 Å². The van der Waals surface area contributed by atoms with Crippen molar-refractivity contribution in [2.45, 2.75) is 6.42 Å². The van der Waals surface area contributed by atoms with Crippen LogP contribution in [0.15, 0.2) is 41.1 Å². The number of rotatable bonds is 7. The second-order valence-corrected chi connectivity index (χ2v) is 8.38. The zero-order valence-corrected chi connectivity index (χ0v) is 18.7. The first-order valence-corrected chi connectivity index (χ1v) is 11.1. The van der Waals surface area contributed by atoms with E-state index in [0.29, 0.717) is 38.7 Å². The van der Waals surface area contributed by atoms with Crippen molar-refractivity contribution in [3.63, 3.8) is 0 Å². The fourth-order valence-electron chi connectivity index (χ4n) is 3.71. The highest BCUT2D eigenvalue weighted by molar-refractivity contribution is 9.10. The molecule has 164 valence electrons. The number of aromatic nitrogens is 2. The monoisotopic (exact) mass is 488 g/mol. The van der Waals surface area contributed by atoms with Crippen molar-refractivity contribution in [3.8, 4) is 0 Å². The molecule has 0 spiro atoms. The van der Waals surface area contributed by atoms with Crippen molar-refractivity contribution in [1.82, 2.24) is 15.3 Å². The molecule has 0 bridgehead atoms. The summed E-state index contributed by atoms with van der Waals surface area (Å²) in [6.45, 7) is 4.37. The SMILES string of the molecule is O=C(NCCNc1cc(N2CCOCC2)ncn1)C1CC(=O)N(c2cccc(Br)c2)C1. The topological polar surface area (TPSA) is 99.7 Å². The van der Waals surface area contributed by atoms with E-state index < -0.39 is 0 Å². The van der Waals surface area contributed by atoms with Crippen molar-refractivity contribution in [1.29, 1.82) is 0 Å². The van der Waals surface area contributed by atoms with Crippen LogP contribution in [0.2, 0.25) is 0 Å². The fourth-order valence-corrected chi connectivity index (χ4v) is 4.09. The first kappa shape index (κ1) is 21.5. The number of amides is 2. The largest absolute Gasteiger partial charge is 0.378 e. The number of carbonyl (C=O) groups is 2. The molecule has 9 nitrogen and oxygen atoms in total. The number of benzene rings is 1. The summed E-state index contributed by atoms with van der Waals surface area (Å²) in [4.78, 5) is 37.3. The van der Waals surface area contributed by atoms with Gasteiger partial charge in [-0.05, 0) is 18.2 Å². The lowest BCUT2D eigenvalue weighted by atomic mass is 10.1. The Kier molecular flexibility index (Phi) is 6.98. The van der Waals surface area contributed by atoms with Crippen LogP contribution in [0.3, 0.4) is 0 Å². The Morgan fingerprint density at radius 3 is 2.84 bits per heavy atom. The predicted molar refractivity (Wildman–Crippen MR) is 121 cm³/mol. The van der Waals surface area contributed by atoms with Crippen LogP contribution >= 0.6 is 15.9 Å². The summed E-state index contributed by atoms with van der Waals surface area (Å²) in [5.74, 6) is 1.08. The summed E-state index contributed by atoms with van der Waals surface area (Å²) in [5.41, 5.74) is 0.802. The van der Waals surface area contributed by atoms with Crippen molar-refractivity contribution in [2.75, 3.05) is 61.1 Å². The molecular formula is C21H25BrN6O3. The summed E-state index contributed by atoms with van der Waals surface area (Å²) in [7, 11) is 0. The van der Waals surface area contributed by atoms with Gasteiger partial charge in [-0.1, -0.05) is 22.0 Å². The molecule has 2 amide bonds. The molecule has 2 aromatic rings. The maximum atomic E-state index is 12.5. The number of morpholine rings is 1. The van der Waals surface area contributed by atoms with Gasteiger partial charge >= 0.3 is 0 Å². The van der Waals surface area contributed by atoms with Gasteiger partial charge in [-0.2, -0.15) is 0 Å². The molecule has 31 heavy (non-hydrogen) atoms. The molecule has 2 aliphatic heterocycles. The minimum Gasteiger partial charge on any atom is -0.378 e. The highest BCUT2D eigenvalue weighted by Crippen LogP contribution is 2.27. The average molecular weight is 489 g/mol. The van der Waals surface area contributed by atoms with Gasteiger partial charge in [-0.15, -0.1) is 0 Å². The predicted octanol–water partition coefficient (Wildman–Crippen LogP) is 1.66. The summed E-state index contributed by atoms with van der Waals surface area (Å²) in [6, 6.07) is 9.44. The molecule has 2 aliphatic rings. The van der Waals surface area contributed by atoms with Crippen LogP contribution in [0.4, 0.5) is 17.3 Å². The number of nitrogens with one attached hydrogen (secondary N) is 2. The van der Waals surface area contributed by atoms with E-state index in [4.69, 9.17) is 4.74 Å². The Bertz CT molecular complexity index is 937. The Labute approximate surface area is 189 Å². The Morgan fingerprint density at radius 2 is 2.03 bits per heavy atom. The minimum absolute atomic E-state index is 0.0343. The zero-order valence-electron chi connectivity index (χ0n) is 17.1. The lowest BCUT2D eigenvalue weighted by Crippen LogP contribution is -2.37. The number of halogens is 1. The average Bonchev–Trinajstić information content (AvgIpc) is 3.19. The Balaban J connectivity index is 1.23. The zero-order chi connectivity index (χ0) is 21.6. The maximum absolute atomic E-state index is 12.5. The van der Waals surface area contributed by atoms with Gasteiger partial charge in [0.25, 0.3) is 0 Å². The number of ether oxygens (including phenoxy) is 1. The smallest absolute Gasteiger partial charge is 0.227 e. The molecule has 1 aromatic heterocycles. The summed E-state index contributed by atoms with van der Waals surface area (Å²) >= 11 is 3.42. The van der Waals surface area contributed by atoms with Gasteiger partial charge < -0.3 is 25.2 Å². The molecule has 1 atom stereocenters. The Hall–Kier alpha value is -2.72. The lowest BCUT2D eigenvalue weighted by molar-refractivity contribution is -0.126. The quantitative estimate of drug-likeness (QED) is 0.571. The second kappa shape index (κ2) is 10.1. The number of hydrogen-bond acceptors (Lipinski definition) is 7. The summed E-state index contributed by atoms with van der Waals surface area (Å²) in [6.07, 6.45) is 1.76. The molecule has 0 radical (unpaired) electrons. The minimum atomic E-state index is -0.349. The third kappa shape index (κ3) is 5.50. The van der Waals surface area contributed by atoms with Crippen LogP contribution in [-0.2, 0) is 14.3 Å². The molecule has 3 heterocycles. The normalized spacial score (nSPS) is 18.9. The van der Waals surface area contributed by atoms with E-state index in [1.165, 1.54) is 6.33 Å². The molecular weight excluding hydrogens is 464 g/mol. The highest BCUT2D eigenvalue weighted by atomic mass is 79.9. The maximum Gasteiger partial charge on any atom is 0.227 e. The summed E-state index contributed by atoms with van der Waals surface area (Å²) < 4.78 is 6.27.